The summed E-state index contributed by atoms with van der Waals surface area (Å²) in [5.74, 6) is -0.285. The summed E-state index contributed by atoms with van der Waals surface area (Å²) >= 11 is 0. The monoisotopic (exact) mass is 490 g/mol. The standard InChI is InChI=1S/C33H22N4O/c38-33(37-36-32-29-18-7-3-14-25(29)26-15-4-8-19-30(26)32)21-10-9-11-22(20-21)34-35-31-27-16-5-1-12-23(27)24-13-2-6-17-28(24)31/h1-20,34H,(H,37,38). The average molecular weight is 491 g/mol. The zero-order chi connectivity index (χ0) is 25.5. The predicted octanol–water partition coefficient (Wildman–Crippen LogP) is 6.69. The highest BCUT2D eigenvalue weighted by Crippen LogP contribution is 2.37. The third-order valence-electron chi connectivity index (χ3n) is 7.00. The molecule has 2 aliphatic rings. The number of carbonyl (C=O) groups excluding carboxylic acids is 1. The average Bonchev–Trinajstić information content (AvgIpc) is 3.47. The van der Waals surface area contributed by atoms with Crippen LogP contribution in [0.1, 0.15) is 32.6 Å². The van der Waals surface area contributed by atoms with E-state index in [1.54, 1.807) is 12.1 Å². The zero-order valence-electron chi connectivity index (χ0n) is 20.3. The Morgan fingerprint density at radius 1 is 0.474 bits per heavy atom. The molecule has 5 aromatic carbocycles. The van der Waals surface area contributed by atoms with Crippen LogP contribution >= 0.6 is 0 Å². The quantitative estimate of drug-likeness (QED) is 0.270. The molecule has 180 valence electrons. The van der Waals surface area contributed by atoms with Gasteiger partial charge in [0.2, 0.25) is 0 Å². The van der Waals surface area contributed by atoms with Crippen LogP contribution in [-0.4, -0.2) is 17.3 Å². The second kappa shape index (κ2) is 8.98. The van der Waals surface area contributed by atoms with Crippen molar-refractivity contribution in [2.75, 3.05) is 5.43 Å². The number of anilines is 1. The van der Waals surface area contributed by atoms with Crippen molar-refractivity contribution < 1.29 is 4.79 Å². The Kier molecular flexibility index (Phi) is 5.19. The summed E-state index contributed by atoms with van der Waals surface area (Å²) in [4.78, 5) is 13.1. The van der Waals surface area contributed by atoms with Crippen LogP contribution in [0.25, 0.3) is 22.3 Å². The van der Waals surface area contributed by atoms with Crippen molar-refractivity contribution in [1.29, 1.82) is 0 Å². The predicted molar refractivity (Wildman–Crippen MR) is 153 cm³/mol. The first-order valence-corrected chi connectivity index (χ1v) is 12.5. The Hall–Kier alpha value is -5.29. The van der Waals surface area contributed by atoms with Gasteiger partial charge in [0.05, 0.1) is 17.1 Å². The summed E-state index contributed by atoms with van der Waals surface area (Å²) in [6.07, 6.45) is 0. The molecule has 5 aromatic rings. The molecule has 0 unspecified atom stereocenters. The SMILES string of the molecule is O=C(NN=C1c2ccccc2-c2ccccc21)c1cccc(NN=C2c3ccccc3-c3ccccc32)c1. The summed E-state index contributed by atoms with van der Waals surface area (Å²) in [6.45, 7) is 0. The van der Waals surface area contributed by atoms with Gasteiger partial charge in [0.1, 0.15) is 0 Å². The maximum atomic E-state index is 13.1. The molecule has 38 heavy (non-hydrogen) atoms. The van der Waals surface area contributed by atoms with E-state index in [0.717, 1.165) is 50.5 Å². The highest BCUT2D eigenvalue weighted by Gasteiger charge is 2.25. The summed E-state index contributed by atoms with van der Waals surface area (Å²) in [5.41, 5.74) is 17.6. The molecule has 0 atom stereocenters. The minimum absolute atomic E-state index is 0.285. The van der Waals surface area contributed by atoms with Gasteiger partial charge in [0.15, 0.2) is 0 Å². The fourth-order valence-corrected chi connectivity index (χ4v) is 5.25. The Morgan fingerprint density at radius 2 is 0.895 bits per heavy atom. The summed E-state index contributed by atoms with van der Waals surface area (Å²) in [6, 6.07) is 40.0. The normalized spacial score (nSPS) is 12.2. The summed E-state index contributed by atoms with van der Waals surface area (Å²) < 4.78 is 0. The van der Waals surface area contributed by atoms with Crippen LogP contribution in [0.3, 0.4) is 0 Å². The molecule has 7 rings (SSSR count). The number of amides is 1. The topological polar surface area (TPSA) is 65.8 Å². The molecule has 0 aliphatic heterocycles. The molecule has 0 saturated heterocycles. The number of hydrogen-bond acceptors (Lipinski definition) is 4. The molecule has 2 aliphatic carbocycles. The van der Waals surface area contributed by atoms with Crippen LogP contribution in [0, 0.1) is 0 Å². The Morgan fingerprint density at radius 3 is 1.37 bits per heavy atom. The van der Waals surface area contributed by atoms with Gasteiger partial charge >= 0.3 is 0 Å². The fraction of sp³-hybridized carbons (Fsp3) is 0. The van der Waals surface area contributed by atoms with E-state index >= 15 is 0 Å². The largest absolute Gasteiger partial charge is 0.278 e. The smallest absolute Gasteiger partial charge is 0.271 e. The van der Waals surface area contributed by atoms with Gasteiger partial charge in [0.25, 0.3) is 5.91 Å². The Labute approximate surface area is 220 Å². The van der Waals surface area contributed by atoms with Crippen LogP contribution < -0.4 is 10.9 Å². The number of nitrogens with one attached hydrogen (secondary N) is 2. The van der Waals surface area contributed by atoms with E-state index in [9.17, 15) is 4.79 Å². The van der Waals surface area contributed by atoms with Gasteiger partial charge in [-0.2, -0.15) is 10.2 Å². The van der Waals surface area contributed by atoms with Crippen LogP contribution in [0.4, 0.5) is 5.69 Å². The molecule has 5 nitrogen and oxygen atoms in total. The first-order valence-electron chi connectivity index (χ1n) is 12.5. The lowest BCUT2D eigenvalue weighted by molar-refractivity contribution is 0.0955. The van der Waals surface area contributed by atoms with Gasteiger partial charge in [-0.25, -0.2) is 5.43 Å². The van der Waals surface area contributed by atoms with Crippen LogP contribution in [-0.2, 0) is 0 Å². The van der Waals surface area contributed by atoms with Crippen molar-refractivity contribution in [2.45, 2.75) is 0 Å². The number of hydrogen-bond donors (Lipinski definition) is 2. The van der Waals surface area contributed by atoms with E-state index in [-0.39, 0.29) is 5.91 Å². The van der Waals surface area contributed by atoms with Gasteiger partial charge in [-0.05, 0) is 40.5 Å². The van der Waals surface area contributed by atoms with Crippen LogP contribution in [0.5, 0.6) is 0 Å². The molecule has 0 heterocycles. The number of nitrogens with zero attached hydrogens (tertiary/aromatic N) is 2. The molecule has 2 N–H and O–H groups in total. The van der Waals surface area contributed by atoms with Crippen molar-refractivity contribution in [3.63, 3.8) is 0 Å². The van der Waals surface area contributed by atoms with E-state index in [1.807, 2.05) is 72.8 Å². The molecule has 0 aromatic heterocycles. The zero-order valence-corrected chi connectivity index (χ0v) is 20.3. The number of benzene rings is 5. The lowest BCUT2D eigenvalue weighted by Gasteiger charge is -2.07. The number of hydrazone groups is 2. The van der Waals surface area contributed by atoms with E-state index in [1.165, 1.54) is 11.1 Å². The highest BCUT2D eigenvalue weighted by atomic mass is 16.2. The molecular weight excluding hydrogens is 468 g/mol. The molecule has 1 amide bonds. The van der Waals surface area contributed by atoms with Crippen molar-refractivity contribution >= 4 is 23.0 Å². The molecule has 0 bridgehead atoms. The van der Waals surface area contributed by atoms with E-state index in [4.69, 9.17) is 5.10 Å². The van der Waals surface area contributed by atoms with E-state index in [0.29, 0.717) is 5.56 Å². The van der Waals surface area contributed by atoms with Gasteiger partial charge < -0.3 is 0 Å². The molecule has 0 saturated carbocycles. The minimum Gasteiger partial charge on any atom is -0.278 e. The van der Waals surface area contributed by atoms with E-state index < -0.39 is 0 Å². The molecular formula is C33H22N4O. The third kappa shape index (κ3) is 3.61. The van der Waals surface area contributed by atoms with Crippen molar-refractivity contribution in [1.82, 2.24) is 5.43 Å². The molecule has 0 fully saturated rings. The van der Waals surface area contributed by atoms with Crippen LogP contribution in [0.15, 0.2) is 132 Å². The number of rotatable bonds is 4. The fourth-order valence-electron chi connectivity index (χ4n) is 5.25. The Bertz CT molecular complexity index is 1710. The van der Waals surface area contributed by atoms with E-state index in [2.05, 4.69) is 52.4 Å². The number of fused-ring (bicyclic) bond motifs is 6. The second-order valence-corrected chi connectivity index (χ2v) is 9.24. The first kappa shape index (κ1) is 21.9. The Balaban J connectivity index is 1.15. The molecule has 5 heteroatoms. The highest BCUT2D eigenvalue weighted by molar-refractivity contribution is 6.25. The maximum absolute atomic E-state index is 13.1. The third-order valence-corrected chi connectivity index (χ3v) is 7.00. The molecule has 0 spiro atoms. The van der Waals surface area contributed by atoms with Gasteiger partial charge in [0, 0.05) is 27.8 Å². The number of carbonyl (C=O) groups is 1. The lowest BCUT2D eigenvalue weighted by atomic mass is 10.1. The first-order chi connectivity index (χ1) is 18.8. The van der Waals surface area contributed by atoms with Gasteiger partial charge in [-0.3, -0.25) is 10.2 Å². The van der Waals surface area contributed by atoms with Crippen molar-refractivity contribution in [2.24, 2.45) is 10.2 Å². The van der Waals surface area contributed by atoms with Crippen molar-refractivity contribution in [3.05, 3.63) is 149 Å². The summed E-state index contributed by atoms with van der Waals surface area (Å²) in [5, 5.41) is 9.28. The minimum atomic E-state index is -0.285. The second-order valence-electron chi connectivity index (χ2n) is 9.24. The van der Waals surface area contributed by atoms with Crippen LogP contribution in [0.2, 0.25) is 0 Å². The van der Waals surface area contributed by atoms with Crippen molar-refractivity contribution in [3.8, 4) is 22.3 Å². The molecule has 0 radical (unpaired) electrons. The maximum Gasteiger partial charge on any atom is 0.271 e. The van der Waals surface area contributed by atoms with Gasteiger partial charge in [-0.15, -0.1) is 0 Å². The summed E-state index contributed by atoms with van der Waals surface area (Å²) in [7, 11) is 0. The van der Waals surface area contributed by atoms with Gasteiger partial charge in [-0.1, -0.05) is 103 Å². The lowest BCUT2D eigenvalue weighted by Crippen LogP contribution is -2.20.